The van der Waals surface area contributed by atoms with Crippen molar-refractivity contribution in [3.8, 4) is 0 Å². The van der Waals surface area contributed by atoms with Crippen molar-refractivity contribution in [2.24, 2.45) is 5.92 Å². The fraction of sp³-hybridized carbons (Fsp3) is 0.304. The van der Waals surface area contributed by atoms with Crippen LogP contribution >= 0.6 is 46.4 Å². The number of aryl methyl sites for hydroxylation is 2. The van der Waals surface area contributed by atoms with E-state index in [1.54, 1.807) is 26.0 Å². The molecule has 1 aliphatic rings. The number of carbonyl (C=O) groups is 4. The lowest BCUT2D eigenvalue weighted by Crippen LogP contribution is -2.49. The summed E-state index contributed by atoms with van der Waals surface area (Å²) in [5.41, 5.74) is 2.11. The molecule has 0 bridgehead atoms. The lowest BCUT2D eigenvalue weighted by molar-refractivity contribution is -0.152. The van der Waals surface area contributed by atoms with Crippen molar-refractivity contribution in [2.75, 3.05) is 11.9 Å². The van der Waals surface area contributed by atoms with Gasteiger partial charge in [-0.05, 0) is 43.0 Å². The Morgan fingerprint density at radius 2 is 1.44 bits per heavy atom. The van der Waals surface area contributed by atoms with Crippen molar-refractivity contribution in [3.63, 3.8) is 0 Å². The highest BCUT2D eigenvalue weighted by atomic mass is 35.5. The van der Waals surface area contributed by atoms with Gasteiger partial charge in [0.15, 0.2) is 6.61 Å². The van der Waals surface area contributed by atoms with Gasteiger partial charge in [0.05, 0.1) is 31.2 Å². The monoisotopic (exact) mass is 544 g/mol. The lowest BCUT2D eigenvalue weighted by atomic mass is 10.0. The number of carbonyl (C=O) groups excluding carboxylic acids is 4. The van der Waals surface area contributed by atoms with Gasteiger partial charge < -0.3 is 10.1 Å². The van der Waals surface area contributed by atoms with Gasteiger partial charge >= 0.3 is 5.97 Å². The van der Waals surface area contributed by atoms with E-state index < -0.39 is 42.3 Å². The molecule has 34 heavy (non-hydrogen) atoms. The number of imide groups is 1. The van der Waals surface area contributed by atoms with Crippen LogP contribution in [0.25, 0.3) is 0 Å². The van der Waals surface area contributed by atoms with Gasteiger partial charge in [-0.15, -0.1) is 0 Å². The molecule has 3 rings (SSSR count). The van der Waals surface area contributed by atoms with Gasteiger partial charge in [-0.1, -0.05) is 66.3 Å². The highest BCUT2D eigenvalue weighted by Gasteiger charge is 2.48. The summed E-state index contributed by atoms with van der Waals surface area (Å²) < 4.78 is 5.15. The molecule has 1 atom stereocenters. The zero-order chi connectivity index (χ0) is 25.5. The molecule has 2 aromatic carbocycles. The molecule has 180 valence electrons. The minimum absolute atomic E-state index is 0.179. The van der Waals surface area contributed by atoms with E-state index in [0.717, 1.165) is 11.1 Å². The van der Waals surface area contributed by atoms with E-state index in [0.29, 0.717) is 10.6 Å². The number of nitrogens with one attached hydrogen (secondary N) is 1. The summed E-state index contributed by atoms with van der Waals surface area (Å²) in [5.74, 6) is -3.79. The SMILES string of the molecule is Cc1ccc(NC(=O)COC(=O)[C@@H](C(C)C)N2C(=O)c3c(Cl)c(Cl)c(Cl)c(Cl)c3C2=O)cc1C. The largest absolute Gasteiger partial charge is 0.454 e. The fourth-order valence-electron chi connectivity index (χ4n) is 3.53. The first-order valence-corrected chi connectivity index (χ1v) is 11.7. The molecule has 11 heteroatoms. The first kappa shape index (κ1) is 26.3. The lowest BCUT2D eigenvalue weighted by Gasteiger charge is -2.27. The van der Waals surface area contributed by atoms with Crippen LogP contribution in [0.4, 0.5) is 5.69 Å². The van der Waals surface area contributed by atoms with Crippen LogP contribution in [0.15, 0.2) is 18.2 Å². The highest BCUT2D eigenvalue weighted by molar-refractivity contribution is 6.55. The van der Waals surface area contributed by atoms with Crippen molar-refractivity contribution in [3.05, 3.63) is 60.5 Å². The second kappa shape index (κ2) is 10.1. The molecule has 0 saturated carbocycles. The van der Waals surface area contributed by atoms with Crippen LogP contribution in [0.3, 0.4) is 0 Å². The van der Waals surface area contributed by atoms with Crippen LogP contribution in [-0.4, -0.2) is 41.2 Å². The van der Waals surface area contributed by atoms with Crippen molar-refractivity contribution in [1.29, 1.82) is 0 Å². The second-order valence-corrected chi connectivity index (χ2v) is 9.64. The third kappa shape index (κ3) is 4.75. The number of hydrogen-bond donors (Lipinski definition) is 1. The Labute approximate surface area is 216 Å². The summed E-state index contributed by atoms with van der Waals surface area (Å²) in [6, 6.07) is 4.02. The minimum atomic E-state index is -1.34. The predicted molar refractivity (Wildman–Crippen MR) is 131 cm³/mol. The van der Waals surface area contributed by atoms with Crippen LogP contribution in [0.5, 0.6) is 0 Å². The molecule has 3 amide bonds. The summed E-state index contributed by atoms with van der Waals surface area (Å²) in [6.07, 6.45) is 0. The molecular weight excluding hydrogens is 526 g/mol. The minimum Gasteiger partial charge on any atom is -0.454 e. The zero-order valence-electron chi connectivity index (χ0n) is 18.6. The summed E-state index contributed by atoms with van der Waals surface area (Å²) >= 11 is 24.4. The standard InChI is InChI=1S/C23H20Cl4N2O5/c1-9(2)20(23(33)34-8-13(30)28-12-6-5-10(3)11(4)7-12)29-21(31)14-15(22(29)32)17(25)19(27)18(26)16(14)24/h5-7,9,20H,8H2,1-4H3,(H,28,30)/t20-/m1/s1. The van der Waals surface area contributed by atoms with Gasteiger partial charge in [0.1, 0.15) is 6.04 Å². The topological polar surface area (TPSA) is 92.8 Å². The fourth-order valence-corrected chi connectivity index (χ4v) is 4.55. The number of ether oxygens (including phenoxy) is 1. The van der Waals surface area contributed by atoms with Crippen molar-refractivity contribution in [2.45, 2.75) is 33.7 Å². The van der Waals surface area contributed by atoms with E-state index in [4.69, 9.17) is 51.1 Å². The number of esters is 1. The van der Waals surface area contributed by atoms with E-state index in [2.05, 4.69) is 5.32 Å². The van der Waals surface area contributed by atoms with Crippen LogP contribution in [0, 0.1) is 19.8 Å². The number of rotatable bonds is 6. The third-order valence-electron chi connectivity index (χ3n) is 5.42. The predicted octanol–water partition coefficient (Wildman–Crippen LogP) is 5.72. The van der Waals surface area contributed by atoms with E-state index in [9.17, 15) is 19.2 Å². The van der Waals surface area contributed by atoms with Gasteiger partial charge in [-0.25, -0.2) is 4.79 Å². The number of fused-ring (bicyclic) bond motifs is 1. The van der Waals surface area contributed by atoms with E-state index >= 15 is 0 Å². The maximum absolute atomic E-state index is 13.1. The molecule has 0 fully saturated rings. The molecule has 1 heterocycles. The Hall–Kier alpha value is -2.32. The Morgan fingerprint density at radius 3 is 1.91 bits per heavy atom. The molecule has 0 saturated heterocycles. The Bertz CT molecular complexity index is 1180. The maximum Gasteiger partial charge on any atom is 0.330 e. The number of amides is 3. The van der Waals surface area contributed by atoms with Crippen molar-refractivity contribution >= 4 is 75.8 Å². The van der Waals surface area contributed by atoms with Gasteiger partial charge in [-0.3, -0.25) is 19.3 Å². The molecule has 1 aliphatic heterocycles. The smallest absolute Gasteiger partial charge is 0.330 e. The Balaban J connectivity index is 1.80. The van der Waals surface area contributed by atoms with Gasteiger partial charge in [0, 0.05) is 5.69 Å². The molecule has 1 N–H and O–H groups in total. The van der Waals surface area contributed by atoms with Crippen molar-refractivity contribution < 1.29 is 23.9 Å². The third-order valence-corrected chi connectivity index (χ3v) is 7.22. The average Bonchev–Trinajstić information content (AvgIpc) is 3.02. The molecular formula is C23H20Cl4N2O5. The van der Waals surface area contributed by atoms with Gasteiger partial charge in [0.25, 0.3) is 17.7 Å². The molecule has 0 spiro atoms. The van der Waals surface area contributed by atoms with Gasteiger partial charge in [-0.2, -0.15) is 0 Å². The van der Waals surface area contributed by atoms with Crippen LogP contribution in [0.2, 0.25) is 20.1 Å². The van der Waals surface area contributed by atoms with Crippen LogP contribution < -0.4 is 5.32 Å². The van der Waals surface area contributed by atoms with Crippen molar-refractivity contribution in [1.82, 2.24) is 4.90 Å². The van der Waals surface area contributed by atoms with Gasteiger partial charge in [0.2, 0.25) is 0 Å². The number of benzene rings is 2. The average molecular weight is 546 g/mol. The first-order chi connectivity index (χ1) is 15.9. The number of hydrogen-bond acceptors (Lipinski definition) is 5. The molecule has 0 radical (unpaired) electrons. The van der Waals surface area contributed by atoms with Crippen LogP contribution in [-0.2, 0) is 14.3 Å². The Morgan fingerprint density at radius 1 is 0.912 bits per heavy atom. The normalized spacial score (nSPS) is 13.9. The van der Waals surface area contributed by atoms with Crippen LogP contribution in [0.1, 0.15) is 45.7 Å². The molecule has 0 aliphatic carbocycles. The number of halogens is 4. The highest BCUT2D eigenvalue weighted by Crippen LogP contribution is 2.45. The summed E-state index contributed by atoms with van der Waals surface area (Å²) in [4.78, 5) is 52.1. The summed E-state index contributed by atoms with van der Waals surface area (Å²) in [6.45, 7) is 6.47. The second-order valence-electron chi connectivity index (χ2n) is 8.13. The maximum atomic E-state index is 13.1. The molecule has 2 aromatic rings. The molecule has 0 unspecified atom stereocenters. The van der Waals surface area contributed by atoms with E-state index in [1.807, 2.05) is 19.9 Å². The quantitative estimate of drug-likeness (QED) is 0.217. The zero-order valence-corrected chi connectivity index (χ0v) is 21.6. The number of anilines is 1. The van der Waals surface area contributed by atoms with E-state index in [-0.39, 0.29) is 31.2 Å². The molecule has 7 nitrogen and oxygen atoms in total. The first-order valence-electron chi connectivity index (χ1n) is 10.1. The summed E-state index contributed by atoms with van der Waals surface area (Å²) in [5, 5.41) is 1.80. The Kier molecular flexibility index (Phi) is 7.82. The van der Waals surface area contributed by atoms with E-state index in [1.165, 1.54) is 0 Å². The summed E-state index contributed by atoms with van der Waals surface area (Å²) in [7, 11) is 0. The molecule has 0 aromatic heterocycles. The number of nitrogens with zero attached hydrogens (tertiary/aromatic N) is 1.